The van der Waals surface area contributed by atoms with E-state index in [1.807, 2.05) is 10.6 Å². The van der Waals surface area contributed by atoms with Gasteiger partial charge < -0.3 is 30.0 Å². The van der Waals surface area contributed by atoms with Crippen molar-refractivity contribution < 1.29 is 23.5 Å². The minimum absolute atomic E-state index is 0.0813. The number of carbonyl (C=O) groups is 2. The molecule has 9 heteroatoms. The summed E-state index contributed by atoms with van der Waals surface area (Å²) in [4.78, 5) is 28.1. The molecule has 4 aliphatic rings. The summed E-state index contributed by atoms with van der Waals surface area (Å²) in [5.74, 6) is -1.35. The lowest BCUT2D eigenvalue weighted by molar-refractivity contribution is 0.0123. The average molecular weight is 567 g/mol. The molecule has 1 saturated carbocycles. The van der Waals surface area contributed by atoms with Gasteiger partial charge in [-0.3, -0.25) is 9.59 Å². The van der Waals surface area contributed by atoms with Crippen LogP contribution in [0.3, 0.4) is 0 Å². The predicted molar refractivity (Wildman–Crippen MR) is 155 cm³/mol. The zero-order chi connectivity index (χ0) is 28.7. The third-order valence-corrected chi connectivity index (χ3v) is 9.35. The van der Waals surface area contributed by atoms with Gasteiger partial charge in [-0.25, -0.2) is 4.39 Å². The number of nitrogens with zero attached hydrogens (tertiary/aromatic N) is 2. The summed E-state index contributed by atoms with van der Waals surface area (Å²) in [6.45, 7) is 9.02. The van der Waals surface area contributed by atoms with Crippen molar-refractivity contribution in [3.05, 3.63) is 46.0 Å². The lowest BCUT2D eigenvalue weighted by atomic mass is 9.75. The molecule has 0 bridgehead atoms. The summed E-state index contributed by atoms with van der Waals surface area (Å²) in [6, 6.07) is 3.26. The molecular formula is C32H43FN4O4. The van der Waals surface area contributed by atoms with Gasteiger partial charge in [0.25, 0.3) is 5.91 Å². The number of aromatic nitrogens is 1. The smallest absolute Gasteiger partial charge is 0.253 e. The van der Waals surface area contributed by atoms with Gasteiger partial charge in [0.15, 0.2) is 5.78 Å². The number of nitrogens with one attached hydrogen (secondary N) is 1. The molecule has 3 N–H and O–H groups in total. The zero-order valence-corrected chi connectivity index (χ0v) is 24.4. The molecule has 222 valence electrons. The Morgan fingerprint density at radius 3 is 2.59 bits per heavy atom. The SMILES string of the molecule is CC1(C)CC(=O)c2c3c(n(-c4cc(F)c(C(N)=O)c(N[C@H]5CC[C@H](OCCN6CCCCC6)CC5)c4)c2C1)COC3. The lowest BCUT2D eigenvalue weighted by Gasteiger charge is -2.32. The number of carbonyl (C=O) groups excluding carboxylic acids is 2. The maximum Gasteiger partial charge on any atom is 0.253 e. The van der Waals surface area contributed by atoms with Crippen LogP contribution in [0.5, 0.6) is 0 Å². The number of primary amides is 1. The highest BCUT2D eigenvalue weighted by Crippen LogP contribution is 2.43. The Morgan fingerprint density at radius 2 is 1.85 bits per heavy atom. The first-order valence-corrected chi connectivity index (χ1v) is 15.3. The number of ketones is 1. The second-order valence-corrected chi connectivity index (χ2v) is 13.1. The molecule has 1 saturated heterocycles. The average Bonchev–Trinajstić information content (AvgIpc) is 3.49. The van der Waals surface area contributed by atoms with Gasteiger partial charge in [0.1, 0.15) is 5.82 Å². The van der Waals surface area contributed by atoms with Crippen LogP contribution in [0.4, 0.5) is 10.1 Å². The van der Waals surface area contributed by atoms with Crippen LogP contribution < -0.4 is 11.1 Å². The van der Waals surface area contributed by atoms with Gasteiger partial charge in [-0.15, -0.1) is 0 Å². The standard InChI is InChI=1S/C32H43FN4O4/c1-32(2)16-26-29(28(38)17-32)23-18-40-19-27(23)37(26)21-14-24(33)30(31(34)39)25(15-21)35-20-6-8-22(9-7-20)41-13-12-36-10-4-3-5-11-36/h14-15,20,22,35H,3-13,16-19H2,1-2H3,(H2,34,39)/t20-,22-. The molecule has 0 spiro atoms. The van der Waals surface area contributed by atoms with E-state index in [1.165, 1.54) is 38.4 Å². The fraction of sp³-hybridized carbons (Fsp3) is 0.625. The maximum atomic E-state index is 15.6. The van der Waals surface area contributed by atoms with Crippen molar-refractivity contribution in [3.63, 3.8) is 0 Å². The Hall–Kier alpha value is -2.75. The summed E-state index contributed by atoms with van der Waals surface area (Å²) in [5, 5.41) is 3.46. The summed E-state index contributed by atoms with van der Waals surface area (Å²) in [7, 11) is 0. The number of halogens is 1. The van der Waals surface area contributed by atoms with Gasteiger partial charge in [0, 0.05) is 35.8 Å². The molecule has 1 aromatic heterocycles. The molecule has 0 radical (unpaired) electrons. The van der Waals surface area contributed by atoms with E-state index in [0.717, 1.165) is 61.3 Å². The lowest BCUT2D eigenvalue weighted by Crippen LogP contribution is -2.35. The van der Waals surface area contributed by atoms with Crippen molar-refractivity contribution in [2.75, 3.05) is 31.6 Å². The number of fused-ring (bicyclic) bond motifs is 3. The van der Waals surface area contributed by atoms with Crippen molar-refractivity contribution in [1.82, 2.24) is 9.47 Å². The molecule has 6 rings (SSSR count). The van der Waals surface area contributed by atoms with E-state index in [1.54, 1.807) is 0 Å². The van der Waals surface area contributed by atoms with Crippen LogP contribution >= 0.6 is 0 Å². The van der Waals surface area contributed by atoms with Crippen molar-refractivity contribution in [2.45, 2.75) is 97.0 Å². The molecule has 1 aromatic carbocycles. The Morgan fingerprint density at radius 1 is 1.10 bits per heavy atom. The predicted octanol–water partition coefficient (Wildman–Crippen LogP) is 5.13. The summed E-state index contributed by atoms with van der Waals surface area (Å²) in [6.07, 6.45) is 8.86. The van der Waals surface area contributed by atoms with Gasteiger partial charge in [0.05, 0.1) is 48.6 Å². The van der Waals surface area contributed by atoms with Crippen molar-refractivity contribution in [1.29, 1.82) is 0 Å². The number of hydrogen-bond acceptors (Lipinski definition) is 6. The molecule has 41 heavy (non-hydrogen) atoms. The molecule has 2 aromatic rings. The number of benzene rings is 1. The van der Waals surface area contributed by atoms with Gasteiger partial charge in [0.2, 0.25) is 0 Å². The van der Waals surface area contributed by atoms with Crippen LogP contribution in [0.2, 0.25) is 0 Å². The van der Waals surface area contributed by atoms with Crippen LogP contribution in [0.1, 0.15) is 103 Å². The number of rotatable bonds is 8. The molecule has 0 unspecified atom stereocenters. The van der Waals surface area contributed by atoms with Crippen molar-refractivity contribution in [2.24, 2.45) is 11.1 Å². The number of amides is 1. The summed E-state index contributed by atoms with van der Waals surface area (Å²) in [5.41, 5.74) is 9.75. The highest BCUT2D eigenvalue weighted by Gasteiger charge is 2.39. The maximum absolute atomic E-state index is 15.6. The van der Waals surface area contributed by atoms with Crippen LogP contribution in [-0.4, -0.2) is 59.5 Å². The third-order valence-electron chi connectivity index (χ3n) is 9.35. The minimum atomic E-state index is -0.800. The highest BCUT2D eigenvalue weighted by molar-refractivity contribution is 6.01. The first kappa shape index (κ1) is 28.4. The van der Waals surface area contributed by atoms with E-state index in [2.05, 4.69) is 24.1 Å². The number of likely N-dealkylation sites (tertiary alicyclic amines) is 1. The van der Waals surface area contributed by atoms with E-state index < -0.39 is 11.7 Å². The number of nitrogens with two attached hydrogens (primary N) is 1. The summed E-state index contributed by atoms with van der Waals surface area (Å²) < 4.78 is 29.5. The number of ether oxygens (including phenoxy) is 2. The molecule has 2 aliphatic carbocycles. The Balaban J connectivity index is 1.21. The molecule has 2 fully saturated rings. The van der Waals surface area contributed by atoms with E-state index in [4.69, 9.17) is 15.2 Å². The molecule has 2 aliphatic heterocycles. The monoisotopic (exact) mass is 566 g/mol. The molecule has 3 heterocycles. The van der Waals surface area contributed by atoms with E-state index in [-0.39, 0.29) is 28.9 Å². The molecule has 1 amide bonds. The van der Waals surface area contributed by atoms with E-state index >= 15 is 4.39 Å². The molecule has 8 nitrogen and oxygen atoms in total. The number of anilines is 1. The van der Waals surface area contributed by atoms with E-state index in [0.29, 0.717) is 37.4 Å². The van der Waals surface area contributed by atoms with Crippen LogP contribution in [0, 0.1) is 11.2 Å². The topological polar surface area (TPSA) is 98.8 Å². The first-order valence-electron chi connectivity index (χ1n) is 15.3. The van der Waals surface area contributed by atoms with Gasteiger partial charge >= 0.3 is 0 Å². The third kappa shape index (κ3) is 5.81. The Bertz CT molecular complexity index is 1320. The van der Waals surface area contributed by atoms with Crippen LogP contribution in [0.15, 0.2) is 12.1 Å². The first-order chi connectivity index (χ1) is 19.7. The molecular weight excluding hydrogens is 523 g/mol. The van der Waals surface area contributed by atoms with E-state index in [9.17, 15) is 9.59 Å². The van der Waals surface area contributed by atoms with Gasteiger partial charge in [-0.05, 0) is 75.6 Å². The molecule has 0 atom stereocenters. The van der Waals surface area contributed by atoms with Crippen LogP contribution in [0.25, 0.3) is 5.69 Å². The fourth-order valence-corrected chi connectivity index (χ4v) is 7.34. The zero-order valence-electron chi connectivity index (χ0n) is 24.4. The fourth-order valence-electron chi connectivity index (χ4n) is 7.34. The van der Waals surface area contributed by atoms with Gasteiger partial charge in [-0.1, -0.05) is 20.3 Å². The minimum Gasteiger partial charge on any atom is -0.382 e. The number of hydrogen-bond donors (Lipinski definition) is 2. The van der Waals surface area contributed by atoms with Crippen molar-refractivity contribution in [3.8, 4) is 5.69 Å². The van der Waals surface area contributed by atoms with Crippen LogP contribution in [-0.2, 0) is 29.1 Å². The summed E-state index contributed by atoms with van der Waals surface area (Å²) >= 11 is 0. The Kier molecular flexibility index (Phi) is 7.96. The second kappa shape index (κ2) is 11.5. The van der Waals surface area contributed by atoms with Crippen molar-refractivity contribution >= 4 is 17.4 Å². The quantitative estimate of drug-likeness (QED) is 0.460. The van der Waals surface area contributed by atoms with Gasteiger partial charge in [-0.2, -0.15) is 0 Å². The largest absolute Gasteiger partial charge is 0.382 e. The highest BCUT2D eigenvalue weighted by atomic mass is 19.1. The number of Topliss-reactive ketones (excluding diaryl/α,β-unsaturated/α-hetero) is 1. The normalized spacial score (nSPS) is 24.2. The second-order valence-electron chi connectivity index (χ2n) is 13.1. The number of piperidine rings is 1. The Labute approximate surface area is 241 Å².